The first kappa shape index (κ1) is 16.5. The molecule has 0 saturated carbocycles. The molecule has 0 aliphatic carbocycles. The first-order valence-corrected chi connectivity index (χ1v) is 8.06. The number of urea groups is 1. The smallest absolute Gasteiger partial charge is 0.318 e. The number of furan rings is 1. The molecule has 2 atom stereocenters. The number of aryl methyl sites for hydroxylation is 2. The Morgan fingerprint density at radius 3 is 3.00 bits per heavy atom. The molecular weight excluding hydrogens is 310 g/mol. The van der Waals surface area contributed by atoms with Crippen LogP contribution in [0.25, 0.3) is 0 Å². The summed E-state index contributed by atoms with van der Waals surface area (Å²) in [5.74, 6) is 2.30. The minimum absolute atomic E-state index is 0.0565. The van der Waals surface area contributed by atoms with Gasteiger partial charge < -0.3 is 23.9 Å². The van der Waals surface area contributed by atoms with Crippen molar-refractivity contribution in [3.63, 3.8) is 0 Å². The molecule has 0 aromatic carbocycles. The Kier molecular flexibility index (Phi) is 4.84. The highest BCUT2D eigenvalue weighted by atomic mass is 16.5. The molecule has 1 aliphatic rings. The van der Waals surface area contributed by atoms with E-state index in [9.17, 15) is 4.79 Å². The Morgan fingerprint density at radius 2 is 2.38 bits per heavy atom. The number of aromatic nitrogens is 3. The second kappa shape index (κ2) is 7.04. The number of hydrogen-bond acceptors (Lipinski definition) is 5. The molecule has 1 fully saturated rings. The lowest BCUT2D eigenvalue weighted by Crippen LogP contribution is -2.42. The fraction of sp³-hybridized carbons (Fsp3) is 0.562. The first-order chi connectivity index (χ1) is 11.6. The largest absolute Gasteiger partial charge is 0.464 e. The third kappa shape index (κ3) is 3.28. The number of rotatable bonds is 5. The van der Waals surface area contributed by atoms with Gasteiger partial charge in [0.1, 0.15) is 23.9 Å². The average Bonchev–Trinajstić information content (AvgIpc) is 3.26. The van der Waals surface area contributed by atoms with Crippen molar-refractivity contribution in [1.82, 2.24) is 25.0 Å². The minimum atomic E-state index is -0.322. The number of carbonyl (C=O) groups excluding carboxylic acids is 1. The lowest BCUT2D eigenvalue weighted by atomic mass is 10.2. The van der Waals surface area contributed by atoms with Gasteiger partial charge in [-0.2, -0.15) is 0 Å². The second-order valence-electron chi connectivity index (χ2n) is 6.06. The van der Waals surface area contributed by atoms with Gasteiger partial charge >= 0.3 is 6.03 Å². The van der Waals surface area contributed by atoms with Gasteiger partial charge in [-0.3, -0.25) is 0 Å². The van der Waals surface area contributed by atoms with Gasteiger partial charge in [-0.1, -0.05) is 0 Å². The van der Waals surface area contributed by atoms with E-state index in [4.69, 9.17) is 9.15 Å². The van der Waals surface area contributed by atoms with Crippen molar-refractivity contribution in [3.05, 3.63) is 35.8 Å². The van der Waals surface area contributed by atoms with Crippen LogP contribution in [0, 0.1) is 6.92 Å². The summed E-state index contributed by atoms with van der Waals surface area (Å²) in [6, 6.07) is 3.22. The van der Waals surface area contributed by atoms with Crippen molar-refractivity contribution in [2.75, 3.05) is 20.3 Å². The molecular formula is C16H23N5O3. The number of ether oxygens (including phenoxy) is 1. The number of hydrogen-bond donors (Lipinski definition) is 1. The van der Waals surface area contributed by atoms with Gasteiger partial charge in [0.2, 0.25) is 0 Å². The molecule has 8 heteroatoms. The fourth-order valence-electron chi connectivity index (χ4n) is 3.11. The Bertz CT molecular complexity index is 695. The molecule has 24 heavy (non-hydrogen) atoms. The van der Waals surface area contributed by atoms with Crippen LogP contribution >= 0.6 is 0 Å². The SMILES string of the molecule is COC[C@H](NC(=O)N1CCC[C@@H]1c1nncn1C)c1ccc(C)o1. The average molecular weight is 333 g/mol. The molecule has 1 saturated heterocycles. The molecule has 2 amide bonds. The van der Waals surface area contributed by atoms with Gasteiger partial charge in [-0.15, -0.1) is 10.2 Å². The number of carbonyl (C=O) groups is 1. The number of methoxy groups -OCH3 is 1. The Morgan fingerprint density at radius 1 is 1.54 bits per heavy atom. The highest BCUT2D eigenvalue weighted by Crippen LogP contribution is 2.30. The summed E-state index contributed by atoms with van der Waals surface area (Å²) in [7, 11) is 3.50. The summed E-state index contributed by atoms with van der Waals surface area (Å²) in [6.45, 7) is 2.92. The zero-order chi connectivity index (χ0) is 17.1. The van der Waals surface area contributed by atoms with Gasteiger partial charge in [0.25, 0.3) is 0 Å². The summed E-state index contributed by atoms with van der Waals surface area (Å²) in [6.07, 6.45) is 3.48. The topological polar surface area (TPSA) is 85.4 Å². The molecule has 1 N–H and O–H groups in total. The Hall–Kier alpha value is -2.35. The molecule has 3 rings (SSSR count). The van der Waals surface area contributed by atoms with Crippen LogP contribution in [-0.4, -0.2) is 46.0 Å². The van der Waals surface area contributed by atoms with Crippen LogP contribution in [0.4, 0.5) is 4.79 Å². The van der Waals surface area contributed by atoms with E-state index in [-0.39, 0.29) is 18.1 Å². The Labute approximate surface area is 140 Å². The van der Waals surface area contributed by atoms with Crippen molar-refractivity contribution < 1.29 is 13.9 Å². The van der Waals surface area contributed by atoms with E-state index in [1.54, 1.807) is 13.4 Å². The van der Waals surface area contributed by atoms with Gasteiger partial charge in [0, 0.05) is 20.7 Å². The van der Waals surface area contributed by atoms with Gasteiger partial charge in [-0.05, 0) is 31.9 Å². The van der Waals surface area contributed by atoms with E-state index < -0.39 is 0 Å². The molecule has 130 valence electrons. The highest BCUT2D eigenvalue weighted by molar-refractivity contribution is 5.75. The van der Waals surface area contributed by atoms with E-state index in [1.807, 2.05) is 35.6 Å². The van der Waals surface area contributed by atoms with Crippen molar-refractivity contribution in [1.29, 1.82) is 0 Å². The standard InChI is InChI=1S/C16H23N5O3/c1-11-6-7-14(24-11)12(9-23-3)18-16(22)21-8-4-5-13(21)15-19-17-10-20(15)2/h6-7,10,12-13H,4-5,8-9H2,1-3H3,(H,18,22)/t12-,13+/m0/s1. The predicted octanol–water partition coefficient (Wildman–Crippen LogP) is 1.95. The van der Waals surface area contributed by atoms with Crippen LogP contribution < -0.4 is 5.32 Å². The highest BCUT2D eigenvalue weighted by Gasteiger charge is 2.34. The van der Waals surface area contributed by atoms with Crippen LogP contribution in [0.3, 0.4) is 0 Å². The lowest BCUT2D eigenvalue weighted by Gasteiger charge is -2.26. The summed E-state index contributed by atoms with van der Waals surface area (Å²) in [4.78, 5) is 14.6. The molecule has 0 spiro atoms. The molecule has 2 aromatic rings. The molecule has 0 bridgehead atoms. The third-order valence-electron chi connectivity index (χ3n) is 4.29. The third-order valence-corrected chi connectivity index (χ3v) is 4.29. The van der Waals surface area contributed by atoms with E-state index in [0.29, 0.717) is 18.9 Å². The number of likely N-dealkylation sites (tertiary alicyclic amines) is 1. The predicted molar refractivity (Wildman–Crippen MR) is 86.3 cm³/mol. The van der Waals surface area contributed by atoms with Crippen LogP contribution in [0.1, 0.15) is 42.3 Å². The monoisotopic (exact) mass is 333 g/mol. The quantitative estimate of drug-likeness (QED) is 0.904. The minimum Gasteiger partial charge on any atom is -0.464 e. The van der Waals surface area contributed by atoms with Gasteiger partial charge in [-0.25, -0.2) is 4.79 Å². The normalized spacial score (nSPS) is 18.8. The number of nitrogens with one attached hydrogen (secondary N) is 1. The fourth-order valence-corrected chi connectivity index (χ4v) is 3.11. The molecule has 1 aliphatic heterocycles. The zero-order valence-electron chi connectivity index (χ0n) is 14.2. The van der Waals surface area contributed by atoms with Crippen LogP contribution in [0.2, 0.25) is 0 Å². The molecule has 3 heterocycles. The Balaban J connectivity index is 1.73. The van der Waals surface area contributed by atoms with Crippen LogP contribution in [0.5, 0.6) is 0 Å². The summed E-state index contributed by atoms with van der Waals surface area (Å²) in [5.41, 5.74) is 0. The zero-order valence-corrected chi connectivity index (χ0v) is 14.2. The van der Waals surface area contributed by atoms with Crippen LogP contribution in [0.15, 0.2) is 22.9 Å². The number of nitrogens with zero attached hydrogens (tertiary/aromatic N) is 4. The van der Waals surface area contributed by atoms with E-state index in [1.165, 1.54) is 0 Å². The van der Waals surface area contributed by atoms with Crippen molar-refractivity contribution in [3.8, 4) is 0 Å². The van der Waals surface area contributed by atoms with Gasteiger partial charge in [0.05, 0.1) is 12.6 Å². The maximum Gasteiger partial charge on any atom is 0.318 e. The maximum absolute atomic E-state index is 12.8. The van der Waals surface area contributed by atoms with Crippen molar-refractivity contribution in [2.45, 2.75) is 31.8 Å². The lowest BCUT2D eigenvalue weighted by molar-refractivity contribution is 0.144. The first-order valence-electron chi connectivity index (χ1n) is 8.06. The summed E-state index contributed by atoms with van der Waals surface area (Å²) >= 11 is 0. The van der Waals surface area contributed by atoms with Gasteiger partial charge in [0.15, 0.2) is 5.82 Å². The second-order valence-corrected chi connectivity index (χ2v) is 6.06. The van der Waals surface area contributed by atoms with Crippen molar-refractivity contribution in [2.24, 2.45) is 7.05 Å². The van der Waals surface area contributed by atoms with Crippen molar-refractivity contribution >= 4 is 6.03 Å². The van der Waals surface area contributed by atoms with E-state index >= 15 is 0 Å². The van der Waals surface area contributed by atoms with Crippen LogP contribution in [-0.2, 0) is 11.8 Å². The molecule has 2 aromatic heterocycles. The van der Waals surface area contributed by atoms with E-state index in [2.05, 4.69) is 15.5 Å². The summed E-state index contributed by atoms with van der Waals surface area (Å²) in [5, 5.41) is 11.1. The molecule has 0 unspecified atom stereocenters. The maximum atomic E-state index is 12.8. The summed E-state index contributed by atoms with van der Waals surface area (Å²) < 4.78 is 12.7. The van der Waals surface area contributed by atoms with E-state index in [0.717, 1.165) is 24.4 Å². The number of amides is 2. The molecule has 8 nitrogen and oxygen atoms in total. The molecule has 0 radical (unpaired) electrons.